The van der Waals surface area contributed by atoms with Gasteiger partial charge in [0.1, 0.15) is 11.9 Å². The van der Waals surface area contributed by atoms with E-state index in [-0.39, 0.29) is 17.5 Å². The van der Waals surface area contributed by atoms with E-state index in [1.54, 1.807) is 6.92 Å². The molecule has 20 heavy (non-hydrogen) atoms. The van der Waals surface area contributed by atoms with Crippen LogP contribution >= 0.6 is 15.9 Å². The molecule has 2 aliphatic rings. The lowest BCUT2D eigenvalue weighted by molar-refractivity contribution is -0.153. The van der Waals surface area contributed by atoms with Crippen molar-refractivity contribution in [2.24, 2.45) is 0 Å². The van der Waals surface area contributed by atoms with Gasteiger partial charge < -0.3 is 9.47 Å². The highest BCUT2D eigenvalue weighted by molar-refractivity contribution is 9.10. The fraction of sp³-hybridized carbons (Fsp3) is 0.562. The summed E-state index contributed by atoms with van der Waals surface area (Å²) in [5, 5.41) is 0. The maximum Gasteiger partial charge on any atom is 0.163 e. The molecule has 4 heteroatoms. The number of rotatable bonds is 3. The van der Waals surface area contributed by atoms with Crippen LogP contribution in [0.25, 0.3) is 0 Å². The van der Waals surface area contributed by atoms with Crippen molar-refractivity contribution in [1.29, 1.82) is 0 Å². The molecule has 2 fully saturated rings. The molecule has 1 saturated heterocycles. The summed E-state index contributed by atoms with van der Waals surface area (Å²) in [6.07, 6.45) is 5.53. The van der Waals surface area contributed by atoms with Crippen LogP contribution in [0.5, 0.6) is 5.75 Å². The first-order chi connectivity index (χ1) is 9.58. The van der Waals surface area contributed by atoms with Crippen molar-refractivity contribution in [3.8, 4) is 5.75 Å². The highest BCUT2D eigenvalue weighted by Gasteiger charge is 2.43. The zero-order valence-corrected chi connectivity index (χ0v) is 13.2. The van der Waals surface area contributed by atoms with Crippen molar-refractivity contribution < 1.29 is 14.3 Å². The Morgan fingerprint density at radius 1 is 1.45 bits per heavy atom. The normalized spacial score (nSPS) is 24.2. The Bertz CT molecular complexity index is 522. The molecule has 3 nitrogen and oxygen atoms in total. The standard InChI is InChI=1S/C16H19BrO3/c1-11(18)14-4-3-12(17)9-15(14)20-13-5-8-19-16(10-13)6-2-7-16/h3-4,9,13H,2,5-8,10H2,1H3. The molecule has 0 bridgehead atoms. The molecule has 108 valence electrons. The molecule has 0 N–H and O–H groups in total. The lowest BCUT2D eigenvalue weighted by Crippen LogP contribution is -2.48. The predicted octanol–water partition coefficient (Wildman–Crippen LogP) is 4.13. The fourth-order valence-electron chi connectivity index (χ4n) is 3.07. The molecular formula is C16H19BrO3. The topological polar surface area (TPSA) is 35.5 Å². The third-order valence-corrected chi connectivity index (χ3v) is 4.82. The van der Waals surface area contributed by atoms with Crippen molar-refractivity contribution in [2.45, 2.75) is 50.7 Å². The van der Waals surface area contributed by atoms with Gasteiger partial charge >= 0.3 is 0 Å². The smallest absolute Gasteiger partial charge is 0.163 e. The van der Waals surface area contributed by atoms with Gasteiger partial charge in [0.25, 0.3) is 0 Å². The first-order valence-electron chi connectivity index (χ1n) is 7.19. The van der Waals surface area contributed by atoms with Gasteiger partial charge in [-0.2, -0.15) is 0 Å². The highest BCUT2D eigenvalue weighted by atomic mass is 79.9. The van der Waals surface area contributed by atoms with Crippen molar-refractivity contribution in [3.05, 3.63) is 28.2 Å². The minimum Gasteiger partial charge on any atom is -0.489 e. The lowest BCUT2D eigenvalue weighted by atomic mass is 9.74. The second kappa shape index (κ2) is 5.49. The van der Waals surface area contributed by atoms with E-state index >= 15 is 0 Å². The Kier molecular flexibility index (Phi) is 3.87. The molecule has 1 aliphatic heterocycles. The summed E-state index contributed by atoms with van der Waals surface area (Å²) in [4.78, 5) is 11.7. The SMILES string of the molecule is CC(=O)c1ccc(Br)cc1OC1CCOC2(CCC2)C1. The van der Waals surface area contributed by atoms with Gasteiger partial charge in [-0.25, -0.2) is 0 Å². The molecule has 1 unspecified atom stereocenters. The molecule has 0 aromatic heterocycles. The number of Topliss-reactive ketones (excluding diaryl/α,β-unsaturated/α-hetero) is 1. The van der Waals surface area contributed by atoms with Gasteiger partial charge in [-0.15, -0.1) is 0 Å². The Hall–Kier alpha value is -0.870. The molecular weight excluding hydrogens is 320 g/mol. The summed E-state index contributed by atoms with van der Waals surface area (Å²) in [5.74, 6) is 0.728. The van der Waals surface area contributed by atoms with E-state index < -0.39 is 0 Å². The van der Waals surface area contributed by atoms with Crippen molar-refractivity contribution in [3.63, 3.8) is 0 Å². The predicted molar refractivity (Wildman–Crippen MR) is 80.3 cm³/mol. The average Bonchev–Trinajstić information content (AvgIpc) is 2.37. The largest absolute Gasteiger partial charge is 0.489 e. The van der Waals surface area contributed by atoms with E-state index in [2.05, 4.69) is 15.9 Å². The van der Waals surface area contributed by atoms with Crippen LogP contribution in [0.1, 0.15) is 49.4 Å². The van der Waals surface area contributed by atoms with Crippen LogP contribution in [-0.2, 0) is 4.74 Å². The van der Waals surface area contributed by atoms with Crippen LogP contribution in [0.4, 0.5) is 0 Å². The minimum absolute atomic E-state index is 0.0397. The van der Waals surface area contributed by atoms with Crippen LogP contribution in [-0.4, -0.2) is 24.1 Å². The van der Waals surface area contributed by atoms with E-state index in [4.69, 9.17) is 9.47 Å². The number of carbonyl (C=O) groups excluding carboxylic acids is 1. The Morgan fingerprint density at radius 3 is 2.90 bits per heavy atom. The first kappa shape index (κ1) is 14.1. The van der Waals surface area contributed by atoms with Crippen LogP contribution in [0.15, 0.2) is 22.7 Å². The molecule has 3 rings (SSSR count). The van der Waals surface area contributed by atoms with E-state index in [0.29, 0.717) is 11.3 Å². The summed E-state index contributed by atoms with van der Waals surface area (Å²) in [6, 6.07) is 5.58. The number of ketones is 1. The number of carbonyl (C=O) groups is 1. The Labute approximate surface area is 127 Å². The molecule has 1 saturated carbocycles. The third kappa shape index (κ3) is 2.77. The molecule has 1 atom stereocenters. The zero-order chi connectivity index (χ0) is 14.2. The van der Waals surface area contributed by atoms with E-state index in [9.17, 15) is 4.79 Å². The van der Waals surface area contributed by atoms with E-state index in [1.165, 1.54) is 6.42 Å². The molecule has 1 heterocycles. The fourth-order valence-corrected chi connectivity index (χ4v) is 3.41. The second-order valence-corrected chi connectivity index (χ2v) is 6.73. The van der Waals surface area contributed by atoms with Gasteiger partial charge in [0.05, 0.1) is 17.8 Å². The molecule has 1 aromatic rings. The first-order valence-corrected chi connectivity index (χ1v) is 7.98. The third-order valence-electron chi connectivity index (χ3n) is 4.33. The molecule has 0 radical (unpaired) electrons. The molecule has 1 spiro atoms. The van der Waals surface area contributed by atoms with Gasteiger partial charge in [-0.05, 0) is 44.4 Å². The number of halogens is 1. The molecule has 0 amide bonds. The van der Waals surface area contributed by atoms with Gasteiger partial charge in [-0.3, -0.25) is 4.79 Å². The van der Waals surface area contributed by atoms with Crippen LogP contribution < -0.4 is 4.74 Å². The maximum absolute atomic E-state index is 11.7. The number of hydrogen-bond donors (Lipinski definition) is 0. The van der Waals surface area contributed by atoms with Crippen molar-refractivity contribution >= 4 is 21.7 Å². The summed E-state index contributed by atoms with van der Waals surface area (Å²) in [5.41, 5.74) is 0.716. The second-order valence-electron chi connectivity index (χ2n) is 5.81. The van der Waals surface area contributed by atoms with Gasteiger partial charge in [-0.1, -0.05) is 15.9 Å². The molecule has 1 aromatic carbocycles. The average molecular weight is 339 g/mol. The van der Waals surface area contributed by atoms with Crippen LogP contribution in [0.3, 0.4) is 0 Å². The van der Waals surface area contributed by atoms with Crippen LogP contribution in [0.2, 0.25) is 0 Å². The zero-order valence-electron chi connectivity index (χ0n) is 11.7. The molecule has 1 aliphatic carbocycles. The Morgan fingerprint density at radius 2 is 2.25 bits per heavy atom. The van der Waals surface area contributed by atoms with Crippen molar-refractivity contribution in [1.82, 2.24) is 0 Å². The van der Waals surface area contributed by atoms with Gasteiger partial charge in [0.2, 0.25) is 0 Å². The summed E-state index contributed by atoms with van der Waals surface area (Å²) >= 11 is 3.44. The Balaban J connectivity index is 1.76. The number of ether oxygens (including phenoxy) is 2. The quantitative estimate of drug-likeness (QED) is 0.777. The van der Waals surface area contributed by atoms with Gasteiger partial charge in [0.15, 0.2) is 5.78 Å². The lowest BCUT2D eigenvalue weighted by Gasteiger charge is -2.47. The van der Waals surface area contributed by atoms with Crippen LogP contribution in [0, 0.1) is 0 Å². The van der Waals surface area contributed by atoms with Crippen molar-refractivity contribution in [2.75, 3.05) is 6.61 Å². The maximum atomic E-state index is 11.7. The van der Waals surface area contributed by atoms with E-state index in [1.807, 2.05) is 18.2 Å². The summed E-state index contributed by atoms with van der Waals surface area (Å²) in [6.45, 7) is 2.33. The summed E-state index contributed by atoms with van der Waals surface area (Å²) in [7, 11) is 0. The minimum atomic E-state index is 0.0397. The monoisotopic (exact) mass is 338 g/mol. The highest BCUT2D eigenvalue weighted by Crippen LogP contribution is 2.43. The number of hydrogen-bond acceptors (Lipinski definition) is 3. The summed E-state index contributed by atoms with van der Waals surface area (Å²) < 4.78 is 13.0. The number of benzene rings is 1. The van der Waals surface area contributed by atoms with E-state index in [0.717, 1.165) is 36.8 Å². The van der Waals surface area contributed by atoms with Gasteiger partial charge in [0, 0.05) is 17.3 Å².